The van der Waals surface area contributed by atoms with E-state index < -0.39 is 23.2 Å². The van der Waals surface area contributed by atoms with E-state index in [-0.39, 0.29) is 17.4 Å². The highest BCUT2D eigenvalue weighted by molar-refractivity contribution is 5.96. The van der Waals surface area contributed by atoms with Crippen LogP contribution in [0.3, 0.4) is 0 Å². The van der Waals surface area contributed by atoms with Crippen molar-refractivity contribution >= 4 is 28.5 Å². The molecule has 8 heteroatoms. The number of benzene rings is 2. The lowest BCUT2D eigenvalue weighted by Gasteiger charge is -2.31. The quantitative estimate of drug-likeness (QED) is 0.667. The number of nitrogens with zero attached hydrogens (tertiary/aromatic N) is 1. The van der Waals surface area contributed by atoms with Gasteiger partial charge in [-0.1, -0.05) is 0 Å². The van der Waals surface area contributed by atoms with Crippen LogP contribution in [0.25, 0.3) is 11.0 Å². The van der Waals surface area contributed by atoms with E-state index in [1.807, 2.05) is 0 Å². The number of fused-ring (bicyclic) bond motifs is 1. The Labute approximate surface area is 170 Å². The van der Waals surface area contributed by atoms with Gasteiger partial charge >= 0.3 is 5.63 Å². The van der Waals surface area contributed by atoms with Gasteiger partial charge in [0.25, 0.3) is 5.91 Å². The zero-order chi connectivity index (χ0) is 21.3. The van der Waals surface area contributed by atoms with E-state index in [9.17, 15) is 23.2 Å². The van der Waals surface area contributed by atoms with Crippen LogP contribution in [-0.4, -0.2) is 29.8 Å². The molecule has 1 aliphatic rings. The Morgan fingerprint density at radius 3 is 2.50 bits per heavy atom. The van der Waals surface area contributed by atoms with Gasteiger partial charge in [0.05, 0.1) is 5.56 Å². The fraction of sp³-hybridized carbons (Fsp3) is 0.227. The van der Waals surface area contributed by atoms with Crippen molar-refractivity contribution in [1.82, 2.24) is 4.90 Å². The van der Waals surface area contributed by atoms with Gasteiger partial charge in [0, 0.05) is 42.2 Å². The van der Waals surface area contributed by atoms with E-state index in [0.29, 0.717) is 48.7 Å². The molecule has 0 aliphatic carbocycles. The predicted octanol–water partition coefficient (Wildman–Crippen LogP) is 3.56. The lowest BCUT2D eigenvalue weighted by Crippen LogP contribution is -2.41. The summed E-state index contributed by atoms with van der Waals surface area (Å²) >= 11 is 0. The Morgan fingerprint density at radius 2 is 1.77 bits per heavy atom. The first-order valence-corrected chi connectivity index (χ1v) is 9.50. The fourth-order valence-electron chi connectivity index (χ4n) is 3.57. The molecule has 2 heterocycles. The molecule has 0 spiro atoms. The normalized spacial score (nSPS) is 14.7. The smallest absolute Gasteiger partial charge is 0.336 e. The molecule has 0 saturated carbocycles. The molecule has 1 aliphatic heterocycles. The Hall–Kier alpha value is -3.55. The summed E-state index contributed by atoms with van der Waals surface area (Å²) in [6, 6.07) is 10.8. The molecule has 0 bridgehead atoms. The van der Waals surface area contributed by atoms with E-state index in [0.717, 1.165) is 12.1 Å². The number of anilines is 1. The van der Waals surface area contributed by atoms with E-state index >= 15 is 0 Å². The highest BCUT2D eigenvalue weighted by atomic mass is 19.1. The summed E-state index contributed by atoms with van der Waals surface area (Å²) in [5.74, 6) is -2.62. The molecule has 2 amide bonds. The summed E-state index contributed by atoms with van der Waals surface area (Å²) < 4.78 is 32.0. The van der Waals surface area contributed by atoms with E-state index in [1.54, 1.807) is 24.3 Å². The molecule has 0 unspecified atom stereocenters. The molecule has 3 aromatic rings. The average molecular weight is 412 g/mol. The molecule has 0 atom stereocenters. The number of hydrogen-bond donors (Lipinski definition) is 1. The second-order valence-corrected chi connectivity index (χ2v) is 7.19. The van der Waals surface area contributed by atoms with Crippen molar-refractivity contribution in [3.8, 4) is 0 Å². The monoisotopic (exact) mass is 412 g/mol. The van der Waals surface area contributed by atoms with Crippen LogP contribution in [0, 0.1) is 17.6 Å². The van der Waals surface area contributed by atoms with Crippen molar-refractivity contribution in [2.24, 2.45) is 5.92 Å². The zero-order valence-corrected chi connectivity index (χ0v) is 15.9. The first-order valence-electron chi connectivity index (χ1n) is 9.50. The van der Waals surface area contributed by atoms with Crippen molar-refractivity contribution in [3.63, 3.8) is 0 Å². The zero-order valence-electron chi connectivity index (χ0n) is 15.9. The average Bonchev–Trinajstić information content (AvgIpc) is 2.73. The van der Waals surface area contributed by atoms with Crippen molar-refractivity contribution < 1.29 is 22.8 Å². The van der Waals surface area contributed by atoms with Gasteiger partial charge < -0.3 is 14.6 Å². The first kappa shape index (κ1) is 19.8. The van der Waals surface area contributed by atoms with Gasteiger partial charge in [-0.05, 0) is 49.2 Å². The van der Waals surface area contributed by atoms with Crippen LogP contribution >= 0.6 is 0 Å². The Bertz CT molecular complexity index is 1180. The van der Waals surface area contributed by atoms with Gasteiger partial charge in [0.1, 0.15) is 17.2 Å². The van der Waals surface area contributed by atoms with Crippen molar-refractivity contribution in [2.45, 2.75) is 12.8 Å². The summed E-state index contributed by atoms with van der Waals surface area (Å²) in [5.41, 5.74) is 0.386. The molecule has 1 aromatic heterocycles. The summed E-state index contributed by atoms with van der Waals surface area (Å²) in [5, 5.41) is 3.53. The Balaban J connectivity index is 1.38. The molecular weight excluding hydrogens is 394 g/mol. The van der Waals surface area contributed by atoms with Gasteiger partial charge in [-0.3, -0.25) is 9.59 Å². The Kier molecular flexibility index (Phi) is 5.31. The van der Waals surface area contributed by atoms with Gasteiger partial charge in [0.15, 0.2) is 0 Å². The topological polar surface area (TPSA) is 79.6 Å². The van der Waals surface area contributed by atoms with Crippen LogP contribution in [0.15, 0.2) is 57.7 Å². The van der Waals surface area contributed by atoms with Crippen LogP contribution < -0.4 is 10.9 Å². The van der Waals surface area contributed by atoms with E-state index in [1.165, 1.54) is 11.0 Å². The molecule has 0 radical (unpaired) electrons. The standard InChI is InChI=1S/C22H18F2N2O4/c23-15-2-4-17(18(24)12-15)22(29)26-9-7-13(8-10-26)21(28)25-16-3-5-19-14(11-16)1-6-20(27)30-19/h1-6,11-13H,7-10H2,(H,25,28). The van der Waals surface area contributed by atoms with Crippen LogP contribution in [0.5, 0.6) is 0 Å². The van der Waals surface area contributed by atoms with Gasteiger partial charge in [-0.15, -0.1) is 0 Å². The second kappa shape index (κ2) is 8.06. The number of likely N-dealkylation sites (tertiary alicyclic amines) is 1. The van der Waals surface area contributed by atoms with Crippen molar-refractivity contribution in [2.75, 3.05) is 18.4 Å². The maximum atomic E-state index is 13.9. The Morgan fingerprint density at radius 1 is 1.00 bits per heavy atom. The minimum Gasteiger partial charge on any atom is -0.423 e. The summed E-state index contributed by atoms with van der Waals surface area (Å²) in [6.07, 6.45) is 0.867. The van der Waals surface area contributed by atoms with E-state index in [2.05, 4.69) is 5.32 Å². The number of hydrogen-bond acceptors (Lipinski definition) is 4. The minimum absolute atomic E-state index is 0.174. The third-order valence-electron chi connectivity index (χ3n) is 5.20. The van der Waals surface area contributed by atoms with Gasteiger partial charge in [-0.25, -0.2) is 13.6 Å². The van der Waals surface area contributed by atoms with Crippen LogP contribution in [0.4, 0.5) is 14.5 Å². The molecule has 6 nitrogen and oxygen atoms in total. The molecule has 2 aromatic carbocycles. The van der Waals surface area contributed by atoms with Crippen LogP contribution in [0.2, 0.25) is 0 Å². The number of piperidine rings is 1. The van der Waals surface area contributed by atoms with Crippen molar-refractivity contribution in [3.05, 3.63) is 76.1 Å². The lowest BCUT2D eigenvalue weighted by molar-refractivity contribution is -0.121. The molecular formula is C22H18F2N2O4. The molecule has 1 saturated heterocycles. The maximum absolute atomic E-state index is 13.9. The number of carbonyl (C=O) groups is 2. The summed E-state index contributed by atoms with van der Waals surface area (Å²) in [4.78, 5) is 37.8. The highest BCUT2D eigenvalue weighted by Gasteiger charge is 2.29. The minimum atomic E-state index is -0.896. The molecule has 1 fully saturated rings. The van der Waals surface area contributed by atoms with Crippen LogP contribution in [0.1, 0.15) is 23.2 Å². The number of halogens is 2. The van der Waals surface area contributed by atoms with Gasteiger partial charge in [0.2, 0.25) is 5.91 Å². The van der Waals surface area contributed by atoms with Crippen LogP contribution in [-0.2, 0) is 4.79 Å². The molecule has 4 rings (SSSR count). The SMILES string of the molecule is O=C(Nc1ccc2oc(=O)ccc2c1)C1CCN(C(=O)c2ccc(F)cc2F)CC1. The summed E-state index contributed by atoms with van der Waals surface area (Å²) in [6.45, 7) is 0.604. The van der Waals surface area contributed by atoms with E-state index in [4.69, 9.17) is 4.42 Å². The lowest BCUT2D eigenvalue weighted by atomic mass is 9.95. The number of amides is 2. The first-order chi connectivity index (χ1) is 14.4. The number of nitrogens with one attached hydrogen (secondary N) is 1. The van der Waals surface area contributed by atoms with Crippen molar-refractivity contribution in [1.29, 1.82) is 0 Å². The molecule has 30 heavy (non-hydrogen) atoms. The number of rotatable bonds is 3. The molecule has 154 valence electrons. The third-order valence-corrected chi connectivity index (χ3v) is 5.20. The second-order valence-electron chi connectivity index (χ2n) is 7.19. The third kappa shape index (κ3) is 4.07. The predicted molar refractivity (Wildman–Crippen MR) is 106 cm³/mol. The maximum Gasteiger partial charge on any atom is 0.336 e. The molecule has 1 N–H and O–H groups in total. The fourth-order valence-corrected chi connectivity index (χ4v) is 3.57. The van der Waals surface area contributed by atoms with Gasteiger partial charge in [-0.2, -0.15) is 0 Å². The number of carbonyl (C=O) groups excluding carboxylic acids is 2. The summed E-state index contributed by atoms with van der Waals surface area (Å²) in [7, 11) is 0. The largest absolute Gasteiger partial charge is 0.423 e. The highest BCUT2D eigenvalue weighted by Crippen LogP contribution is 2.23.